The predicted octanol–water partition coefficient (Wildman–Crippen LogP) is 1.57. The first-order valence-corrected chi connectivity index (χ1v) is 6.94. The molecule has 100 valence electrons. The van der Waals surface area contributed by atoms with E-state index >= 15 is 0 Å². The average molecular weight is 250 g/mol. The summed E-state index contributed by atoms with van der Waals surface area (Å²) in [6.07, 6.45) is 6.33. The number of hydrogen-bond acceptors (Lipinski definition) is 2. The second kappa shape index (κ2) is 6.03. The highest BCUT2D eigenvalue weighted by molar-refractivity contribution is 5.80. The smallest absolute Gasteiger partial charge is 0.224 e. The third kappa shape index (κ3) is 3.12. The zero-order chi connectivity index (χ0) is 13.0. The topological polar surface area (TPSA) is 40.6 Å². The van der Waals surface area contributed by atoms with Gasteiger partial charge in [0.2, 0.25) is 11.8 Å². The number of nitrogens with zero attached hydrogens (tertiary/aromatic N) is 2. The summed E-state index contributed by atoms with van der Waals surface area (Å²) in [5.74, 6) is 0.385. The average Bonchev–Trinajstić information content (AvgIpc) is 2.81. The Morgan fingerprint density at radius 3 is 2.72 bits per heavy atom. The van der Waals surface area contributed by atoms with Gasteiger partial charge in [-0.1, -0.05) is 18.6 Å². The van der Waals surface area contributed by atoms with E-state index in [0.29, 0.717) is 19.4 Å². The molecule has 2 amide bonds. The summed E-state index contributed by atoms with van der Waals surface area (Å²) >= 11 is 0. The molecule has 0 unspecified atom stereocenters. The molecule has 0 aromatic heterocycles. The van der Waals surface area contributed by atoms with Crippen molar-refractivity contribution in [2.24, 2.45) is 0 Å². The minimum Gasteiger partial charge on any atom is -0.342 e. The van der Waals surface area contributed by atoms with Crippen LogP contribution in [-0.4, -0.2) is 47.8 Å². The van der Waals surface area contributed by atoms with Gasteiger partial charge in [-0.2, -0.15) is 0 Å². The van der Waals surface area contributed by atoms with Crippen molar-refractivity contribution in [1.29, 1.82) is 0 Å². The van der Waals surface area contributed by atoms with Gasteiger partial charge in [0.25, 0.3) is 0 Å². The fourth-order valence-corrected chi connectivity index (χ4v) is 2.59. The van der Waals surface area contributed by atoms with E-state index in [1.807, 2.05) is 9.80 Å². The fourth-order valence-electron chi connectivity index (χ4n) is 2.59. The van der Waals surface area contributed by atoms with Crippen molar-refractivity contribution < 1.29 is 9.59 Å². The largest absolute Gasteiger partial charge is 0.342 e. The monoisotopic (exact) mass is 250 g/mol. The van der Waals surface area contributed by atoms with Gasteiger partial charge in [0.05, 0.1) is 0 Å². The van der Waals surface area contributed by atoms with Crippen molar-refractivity contribution in [3.63, 3.8) is 0 Å². The van der Waals surface area contributed by atoms with Crippen LogP contribution in [0.3, 0.4) is 0 Å². The van der Waals surface area contributed by atoms with Crippen LogP contribution in [0.1, 0.15) is 39.0 Å². The molecule has 1 fully saturated rings. The van der Waals surface area contributed by atoms with E-state index in [-0.39, 0.29) is 11.8 Å². The Balaban J connectivity index is 1.75. The summed E-state index contributed by atoms with van der Waals surface area (Å²) in [7, 11) is 0. The normalized spacial score (nSPS) is 20.3. The maximum absolute atomic E-state index is 12.0. The molecule has 0 atom stereocenters. The Bertz CT molecular complexity index is 363. The van der Waals surface area contributed by atoms with Crippen LogP contribution in [0.25, 0.3) is 0 Å². The summed E-state index contributed by atoms with van der Waals surface area (Å²) < 4.78 is 0. The molecule has 0 aromatic carbocycles. The fraction of sp³-hybridized carbons (Fsp3) is 0.714. The molecule has 0 spiro atoms. The quantitative estimate of drug-likeness (QED) is 0.711. The number of carbonyl (C=O) groups is 2. The number of carbonyl (C=O) groups excluding carboxylic acids is 2. The van der Waals surface area contributed by atoms with E-state index in [4.69, 9.17) is 0 Å². The molecule has 0 radical (unpaired) electrons. The lowest BCUT2D eigenvalue weighted by atomic mass is 10.1. The molecule has 2 aliphatic rings. The molecule has 18 heavy (non-hydrogen) atoms. The molecule has 2 aliphatic heterocycles. The zero-order valence-corrected chi connectivity index (χ0v) is 11.2. The predicted molar refractivity (Wildman–Crippen MR) is 70.0 cm³/mol. The van der Waals surface area contributed by atoms with Crippen LogP contribution in [0.15, 0.2) is 11.6 Å². The van der Waals surface area contributed by atoms with Crippen molar-refractivity contribution in [1.82, 2.24) is 9.80 Å². The number of amides is 2. The third-order valence-electron chi connectivity index (χ3n) is 3.88. The number of likely N-dealkylation sites (tertiary alicyclic amines) is 1. The second-order valence-corrected chi connectivity index (χ2v) is 5.04. The number of hydrogen-bond donors (Lipinski definition) is 0. The highest BCUT2D eigenvalue weighted by Gasteiger charge is 2.22. The Labute approximate surface area is 109 Å². The SMILES string of the molecule is CCC1=CCN(C(=O)CCN2CCCC2=O)CC1. The first-order chi connectivity index (χ1) is 8.70. The van der Waals surface area contributed by atoms with Gasteiger partial charge in [-0.05, 0) is 19.3 Å². The van der Waals surface area contributed by atoms with E-state index in [2.05, 4.69) is 13.0 Å². The van der Waals surface area contributed by atoms with Gasteiger partial charge in [-0.3, -0.25) is 9.59 Å². The minimum absolute atomic E-state index is 0.182. The van der Waals surface area contributed by atoms with Gasteiger partial charge in [0.15, 0.2) is 0 Å². The van der Waals surface area contributed by atoms with Gasteiger partial charge in [0.1, 0.15) is 0 Å². The molecule has 2 rings (SSSR count). The first kappa shape index (κ1) is 13.1. The van der Waals surface area contributed by atoms with E-state index in [1.165, 1.54) is 5.57 Å². The molecule has 0 N–H and O–H groups in total. The molecule has 0 bridgehead atoms. The van der Waals surface area contributed by atoms with Crippen LogP contribution in [0.4, 0.5) is 0 Å². The molecule has 1 saturated heterocycles. The van der Waals surface area contributed by atoms with Crippen molar-refractivity contribution in [2.45, 2.75) is 39.0 Å². The second-order valence-electron chi connectivity index (χ2n) is 5.04. The van der Waals surface area contributed by atoms with E-state index in [9.17, 15) is 9.59 Å². The lowest BCUT2D eigenvalue weighted by molar-refractivity contribution is -0.132. The van der Waals surface area contributed by atoms with Crippen molar-refractivity contribution in [3.05, 3.63) is 11.6 Å². The van der Waals surface area contributed by atoms with Crippen LogP contribution < -0.4 is 0 Å². The summed E-state index contributed by atoms with van der Waals surface area (Å²) in [6, 6.07) is 0. The Morgan fingerprint density at radius 1 is 1.33 bits per heavy atom. The highest BCUT2D eigenvalue weighted by Crippen LogP contribution is 2.15. The minimum atomic E-state index is 0.182. The summed E-state index contributed by atoms with van der Waals surface area (Å²) in [5.41, 5.74) is 1.45. The molecular formula is C14H22N2O2. The van der Waals surface area contributed by atoms with E-state index in [1.54, 1.807) is 0 Å². The van der Waals surface area contributed by atoms with Crippen molar-refractivity contribution >= 4 is 11.8 Å². The van der Waals surface area contributed by atoms with E-state index in [0.717, 1.165) is 38.9 Å². The summed E-state index contributed by atoms with van der Waals surface area (Å²) in [6.45, 7) is 5.16. The lowest BCUT2D eigenvalue weighted by Crippen LogP contribution is -2.37. The summed E-state index contributed by atoms with van der Waals surface area (Å²) in [4.78, 5) is 27.2. The Hall–Kier alpha value is -1.32. The van der Waals surface area contributed by atoms with Crippen LogP contribution >= 0.6 is 0 Å². The molecule has 0 aromatic rings. The number of rotatable bonds is 4. The Kier molecular flexibility index (Phi) is 4.39. The van der Waals surface area contributed by atoms with E-state index < -0.39 is 0 Å². The van der Waals surface area contributed by atoms with Crippen LogP contribution in [-0.2, 0) is 9.59 Å². The van der Waals surface area contributed by atoms with Gasteiger partial charge >= 0.3 is 0 Å². The summed E-state index contributed by atoms with van der Waals surface area (Å²) in [5, 5.41) is 0. The van der Waals surface area contributed by atoms with Gasteiger partial charge in [-0.15, -0.1) is 0 Å². The highest BCUT2D eigenvalue weighted by atomic mass is 16.2. The third-order valence-corrected chi connectivity index (χ3v) is 3.88. The molecule has 2 heterocycles. The van der Waals surface area contributed by atoms with Crippen molar-refractivity contribution in [3.8, 4) is 0 Å². The molecule has 4 heteroatoms. The maximum atomic E-state index is 12.0. The molecule has 0 saturated carbocycles. The Morgan fingerprint density at radius 2 is 2.17 bits per heavy atom. The maximum Gasteiger partial charge on any atom is 0.224 e. The van der Waals surface area contributed by atoms with Gasteiger partial charge < -0.3 is 9.80 Å². The van der Waals surface area contributed by atoms with Gasteiger partial charge in [0, 0.05) is 39.0 Å². The van der Waals surface area contributed by atoms with Crippen LogP contribution in [0.5, 0.6) is 0 Å². The van der Waals surface area contributed by atoms with Gasteiger partial charge in [-0.25, -0.2) is 0 Å². The first-order valence-electron chi connectivity index (χ1n) is 6.94. The zero-order valence-electron chi connectivity index (χ0n) is 11.2. The molecule has 4 nitrogen and oxygen atoms in total. The standard InChI is InChI=1S/C14H22N2O2/c1-2-12-5-9-16(10-6-12)14(18)7-11-15-8-3-4-13(15)17/h5H,2-4,6-11H2,1H3. The van der Waals surface area contributed by atoms with Crippen LogP contribution in [0.2, 0.25) is 0 Å². The molecular weight excluding hydrogens is 228 g/mol. The van der Waals surface area contributed by atoms with Crippen molar-refractivity contribution in [2.75, 3.05) is 26.2 Å². The van der Waals surface area contributed by atoms with Crippen LogP contribution in [0, 0.1) is 0 Å². The molecule has 0 aliphatic carbocycles. The lowest BCUT2D eigenvalue weighted by Gasteiger charge is -2.27.